The van der Waals surface area contributed by atoms with Gasteiger partial charge >= 0.3 is 0 Å². The first-order chi connectivity index (χ1) is 3.83. The van der Waals surface area contributed by atoms with Crippen LogP contribution in [-0.2, 0) is 4.79 Å². The monoisotopic (exact) mass is 220 g/mol. The summed E-state index contributed by atoms with van der Waals surface area (Å²) < 4.78 is 1.00. The fraction of sp³-hybridized carbons (Fsp3) is 0. The topological polar surface area (TPSA) is 31.2 Å². The van der Waals surface area contributed by atoms with E-state index in [0.717, 1.165) is 9.87 Å². The number of nitrogens with zero attached hydrogens (tertiary/aromatic N) is 1. The van der Waals surface area contributed by atoms with Crippen LogP contribution in [0.5, 0.6) is 0 Å². The lowest BCUT2D eigenvalue weighted by molar-refractivity contribution is -0.105. The molecule has 3 heteroatoms. The summed E-state index contributed by atoms with van der Waals surface area (Å²) >= 11 is 2.10. The third-order valence-corrected chi connectivity index (χ3v) is 1.33. The Labute approximate surface area is 60.8 Å². The van der Waals surface area contributed by atoms with Crippen molar-refractivity contribution in [2.45, 2.75) is 0 Å². The smallest absolute Gasteiger partial charge is 0.168 e. The maximum Gasteiger partial charge on any atom is 0.168 e. The molecule has 1 aliphatic heterocycles. The second-order valence-corrected chi connectivity index (χ2v) is 2.58. The predicted molar refractivity (Wildman–Crippen MR) is 38.4 cm³/mol. The lowest BCUT2D eigenvalue weighted by Crippen LogP contribution is -1.90. The van der Waals surface area contributed by atoms with Crippen LogP contribution in [-0.4, -0.2) is 6.29 Å². The summed E-state index contributed by atoms with van der Waals surface area (Å²) in [7, 11) is 0. The molecule has 0 saturated carbocycles. The SMILES string of the molecule is O=CC1=CC(I)=C[N]1. The molecule has 1 rings (SSSR count). The fourth-order valence-electron chi connectivity index (χ4n) is 0.416. The largest absolute Gasteiger partial charge is 0.296 e. The van der Waals surface area contributed by atoms with Gasteiger partial charge in [-0.2, -0.15) is 0 Å². The molecule has 2 nitrogen and oxygen atoms in total. The quantitative estimate of drug-likeness (QED) is 0.478. The summed E-state index contributed by atoms with van der Waals surface area (Å²) in [6, 6.07) is 0. The third-order valence-electron chi connectivity index (χ3n) is 0.743. The van der Waals surface area contributed by atoms with Crippen molar-refractivity contribution < 1.29 is 4.79 Å². The van der Waals surface area contributed by atoms with Crippen molar-refractivity contribution in [2.24, 2.45) is 0 Å². The zero-order valence-electron chi connectivity index (χ0n) is 3.97. The third kappa shape index (κ3) is 1.09. The minimum Gasteiger partial charge on any atom is -0.296 e. The zero-order valence-corrected chi connectivity index (χ0v) is 6.12. The van der Waals surface area contributed by atoms with Crippen molar-refractivity contribution in [2.75, 3.05) is 0 Å². The molecule has 0 aliphatic carbocycles. The number of carbonyl (C=O) groups excluding carboxylic acids is 1. The molecule has 0 bridgehead atoms. The minimum absolute atomic E-state index is 0.509. The molecule has 1 radical (unpaired) electrons. The number of carbonyl (C=O) groups is 1. The molecule has 0 aromatic heterocycles. The molecule has 0 spiro atoms. The van der Waals surface area contributed by atoms with Gasteiger partial charge in [-0.1, -0.05) is 0 Å². The van der Waals surface area contributed by atoms with Gasteiger partial charge < -0.3 is 0 Å². The van der Waals surface area contributed by atoms with Crippen LogP contribution in [0.15, 0.2) is 21.6 Å². The van der Waals surface area contributed by atoms with Gasteiger partial charge in [0, 0.05) is 9.78 Å². The Bertz CT molecular complexity index is 171. The molecule has 8 heavy (non-hydrogen) atoms. The number of aldehydes is 1. The van der Waals surface area contributed by atoms with Crippen LogP contribution in [0.3, 0.4) is 0 Å². The van der Waals surface area contributed by atoms with Gasteiger partial charge in [-0.25, -0.2) is 0 Å². The Morgan fingerprint density at radius 1 is 1.75 bits per heavy atom. The average molecular weight is 220 g/mol. The first kappa shape index (κ1) is 5.81. The van der Waals surface area contributed by atoms with Crippen LogP contribution >= 0.6 is 22.6 Å². The number of halogens is 1. The second-order valence-electron chi connectivity index (χ2n) is 1.33. The first-order valence-corrected chi connectivity index (χ1v) is 3.14. The molecule has 0 amide bonds. The highest BCUT2D eigenvalue weighted by Crippen LogP contribution is 2.13. The van der Waals surface area contributed by atoms with Crippen LogP contribution in [0, 0.1) is 0 Å². The number of rotatable bonds is 1. The van der Waals surface area contributed by atoms with Gasteiger partial charge in [0.25, 0.3) is 0 Å². The second kappa shape index (κ2) is 2.30. The Morgan fingerprint density at radius 3 is 2.75 bits per heavy atom. The fourth-order valence-corrected chi connectivity index (χ4v) is 0.875. The van der Waals surface area contributed by atoms with E-state index in [1.54, 1.807) is 12.3 Å². The molecule has 1 heterocycles. The molecule has 0 aromatic rings. The molecular weight excluding hydrogens is 217 g/mol. The van der Waals surface area contributed by atoms with Gasteiger partial charge in [-0.3, -0.25) is 10.1 Å². The van der Waals surface area contributed by atoms with E-state index in [2.05, 4.69) is 27.9 Å². The summed E-state index contributed by atoms with van der Waals surface area (Å²) in [6.45, 7) is 0. The van der Waals surface area contributed by atoms with Crippen molar-refractivity contribution in [3.8, 4) is 0 Å². The van der Waals surface area contributed by atoms with Crippen LogP contribution in [0.25, 0.3) is 0 Å². The van der Waals surface area contributed by atoms with Crippen LogP contribution < -0.4 is 5.32 Å². The molecule has 41 valence electrons. The van der Waals surface area contributed by atoms with Crippen LogP contribution in [0.1, 0.15) is 0 Å². The molecule has 0 N–H and O–H groups in total. The molecule has 0 unspecified atom stereocenters. The van der Waals surface area contributed by atoms with Crippen LogP contribution in [0.2, 0.25) is 0 Å². The summed E-state index contributed by atoms with van der Waals surface area (Å²) in [4.78, 5) is 9.95. The van der Waals surface area contributed by atoms with E-state index in [9.17, 15) is 4.79 Å². The lowest BCUT2D eigenvalue weighted by atomic mass is 10.5. The highest BCUT2D eigenvalue weighted by atomic mass is 127. The van der Waals surface area contributed by atoms with E-state index in [0.29, 0.717) is 5.70 Å². The van der Waals surface area contributed by atoms with Crippen molar-refractivity contribution in [3.63, 3.8) is 0 Å². The Kier molecular flexibility index (Phi) is 1.67. The lowest BCUT2D eigenvalue weighted by Gasteiger charge is -1.79. The summed E-state index contributed by atoms with van der Waals surface area (Å²) in [6.07, 6.45) is 4.13. The molecule has 0 fully saturated rings. The maximum absolute atomic E-state index is 9.95. The molecular formula is C5H3INO. The van der Waals surface area contributed by atoms with Gasteiger partial charge in [0.15, 0.2) is 6.29 Å². The highest BCUT2D eigenvalue weighted by Gasteiger charge is 2.01. The summed E-state index contributed by atoms with van der Waals surface area (Å²) in [5.41, 5.74) is 0.509. The molecule has 0 atom stereocenters. The van der Waals surface area contributed by atoms with Crippen LogP contribution in [0.4, 0.5) is 0 Å². The Hall–Kier alpha value is -0.320. The van der Waals surface area contributed by atoms with Crippen molar-refractivity contribution in [3.05, 3.63) is 21.6 Å². The van der Waals surface area contributed by atoms with Crippen molar-refractivity contribution in [1.82, 2.24) is 5.32 Å². The maximum atomic E-state index is 9.95. The minimum atomic E-state index is 0.509. The van der Waals surface area contributed by atoms with E-state index in [1.807, 2.05) is 0 Å². The zero-order chi connectivity index (χ0) is 5.98. The standard InChI is InChI=1S/C5H3INO/c6-4-1-5(3-8)7-2-4/h1-3H. The Balaban J connectivity index is 2.69. The average Bonchev–Trinajstić information content (AvgIpc) is 2.14. The molecule has 0 saturated heterocycles. The number of hydrogen-bond acceptors (Lipinski definition) is 1. The summed E-state index contributed by atoms with van der Waals surface area (Å²) in [5.74, 6) is 0. The van der Waals surface area contributed by atoms with E-state index >= 15 is 0 Å². The first-order valence-electron chi connectivity index (χ1n) is 2.06. The highest BCUT2D eigenvalue weighted by molar-refractivity contribution is 14.1. The van der Waals surface area contributed by atoms with Gasteiger partial charge in [-0.15, -0.1) is 0 Å². The predicted octanol–water partition coefficient (Wildman–Crippen LogP) is 0.964. The number of allylic oxidation sites excluding steroid dienone is 3. The molecule has 1 aliphatic rings. The van der Waals surface area contributed by atoms with Gasteiger partial charge in [0.1, 0.15) is 5.70 Å². The van der Waals surface area contributed by atoms with Gasteiger partial charge in [-0.05, 0) is 28.7 Å². The summed E-state index contributed by atoms with van der Waals surface area (Å²) in [5, 5.41) is 3.76. The van der Waals surface area contributed by atoms with E-state index < -0.39 is 0 Å². The van der Waals surface area contributed by atoms with E-state index in [1.165, 1.54) is 0 Å². The van der Waals surface area contributed by atoms with Gasteiger partial charge in [0.2, 0.25) is 0 Å². The van der Waals surface area contributed by atoms with Gasteiger partial charge in [0.05, 0.1) is 0 Å². The molecule has 0 aromatic carbocycles. The van der Waals surface area contributed by atoms with Crippen molar-refractivity contribution in [1.29, 1.82) is 0 Å². The number of hydrogen-bond donors (Lipinski definition) is 0. The normalized spacial score (nSPS) is 16.6. The van der Waals surface area contributed by atoms with E-state index in [-0.39, 0.29) is 0 Å². The van der Waals surface area contributed by atoms with Crippen molar-refractivity contribution >= 4 is 28.9 Å². The Morgan fingerprint density at radius 2 is 2.50 bits per heavy atom. The van der Waals surface area contributed by atoms with E-state index in [4.69, 9.17) is 0 Å².